The Kier molecular flexibility index (Phi) is 6.90. The van der Waals surface area contributed by atoms with Crippen LogP contribution in [0.2, 0.25) is 5.02 Å². The molecule has 0 spiro atoms. The first-order chi connectivity index (χ1) is 16.5. The first-order valence-corrected chi connectivity index (χ1v) is 11.9. The van der Waals surface area contributed by atoms with Gasteiger partial charge in [0.05, 0.1) is 40.0 Å². The van der Waals surface area contributed by atoms with Crippen LogP contribution >= 0.6 is 11.6 Å². The number of hydrogen-bond donors (Lipinski definition) is 2. The zero-order valence-electron chi connectivity index (χ0n) is 17.9. The van der Waals surface area contributed by atoms with Crippen LogP contribution in [0.4, 0.5) is 34.6 Å². The quantitative estimate of drug-likeness (QED) is 0.448. The summed E-state index contributed by atoms with van der Waals surface area (Å²) < 4.78 is 88.4. The first-order valence-electron chi connectivity index (χ1n) is 10.1. The van der Waals surface area contributed by atoms with Gasteiger partial charge in [-0.25, -0.2) is 13.8 Å². The number of halogens is 5. The van der Waals surface area contributed by atoms with Crippen LogP contribution in [0, 0.1) is 11.6 Å². The molecule has 1 aromatic heterocycles. The summed E-state index contributed by atoms with van der Waals surface area (Å²) in [6.07, 6.45) is 0.307. The second-order valence-corrected chi connectivity index (χ2v) is 9.71. The van der Waals surface area contributed by atoms with Crippen molar-refractivity contribution in [3.8, 4) is 0 Å². The van der Waals surface area contributed by atoms with Crippen LogP contribution in [-0.4, -0.2) is 48.1 Å². The molecule has 2 N–H and O–H groups in total. The number of ether oxygens (including phenoxy) is 1. The van der Waals surface area contributed by atoms with E-state index < -0.39 is 50.8 Å². The molecule has 0 radical (unpaired) electrons. The number of rotatable bonds is 7. The fourth-order valence-corrected chi connectivity index (χ4v) is 5.20. The lowest BCUT2D eigenvalue weighted by Gasteiger charge is -2.20. The molecule has 0 bridgehead atoms. The molecule has 9 nitrogen and oxygen atoms in total. The van der Waals surface area contributed by atoms with Gasteiger partial charge in [0.15, 0.2) is 5.82 Å². The topological polar surface area (TPSA) is 106 Å². The predicted octanol–water partition coefficient (Wildman–Crippen LogP) is 3.58. The van der Waals surface area contributed by atoms with Crippen molar-refractivity contribution in [1.29, 1.82) is 0 Å². The van der Waals surface area contributed by atoms with E-state index in [4.69, 9.17) is 11.6 Å². The molecule has 1 aliphatic rings. The first kappa shape index (κ1) is 25.2. The highest BCUT2D eigenvalue weighted by Gasteiger charge is 2.34. The van der Waals surface area contributed by atoms with Crippen LogP contribution < -0.4 is 15.6 Å². The number of nitrogens with zero attached hydrogens (tertiary/aromatic N) is 3. The Balaban J connectivity index is 1.62. The molecule has 4 rings (SSSR count). The molecule has 0 unspecified atom stereocenters. The number of nitrogens with one attached hydrogen (secondary N) is 2. The minimum atomic E-state index is -4.26. The molecule has 188 valence electrons. The van der Waals surface area contributed by atoms with E-state index >= 15 is 4.39 Å². The van der Waals surface area contributed by atoms with Crippen molar-refractivity contribution in [2.45, 2.75) is 19.1 Å². The van der Waals surface area contributed by atoms with Crippen LogP contribution in [0.3, 0.4) is 0 Å². The molecule has 1 fully saturated rings. The van der Waals surface area contributed by atoms with E-state index in [0.717, 1.165) is 21.0 Å². The average molecular weight is 536 g/mol. The lowest BCUT2D eigenvalue weighted by molar-refractivity contribution is -0.157. The Hall–Kier alpha value is -2.94. The van der Waals surface area contributed by atoms with Crippen LogP contribution in [-0.2, 0) is 22.0 Å². The lowest BCUT2D eigenvalue weighted by Crippen LogP contribution is -2.35. The van der Waals surface area contributed by atoms with Gasteiger partial charge in [-0.15, -0.1) is 0 Å². The van der Waals surface area contributed by atoms with Crippen molar-refractivity contribution in [3.63, 3.8) is 0 Å². The largest absolute Gasteiger partial charge is 0.349 e. The van der Waals surface area contributed by atoms with E-state index in [1.807, 2.05) is 0 Å². The molecule has 2 heterocycles. The Labute approximate surface area is 201 Å². The van der Waals surface area contributed by atoms with Crippen LogP contribution in [0.25, 0.3) is 10.9 Å². The predicted molar refractivity (Wildman–Crippen MR) is 121 cm³/mol. The summed E-state index contributed by atoms with van der Waals surface area (Å²) in [6, 6.07) is 4.54. The van der Waals surface area contributed by atoms with E-state index in [1.165, 1.54) is 25.5 Å². The lowest BCUT2D eigenvalue weighted by atomic mass is 10.2. The summed E-state index contributed by atoms with van der Waals surface area (Å²) in [5.74, 6) is -1.93. The fraction of sp³-hybridized carbons (Fsp3) is 0.300. The van der Waals surface area contributed by atoms with E-state index in [0.29, 0.717) is 0 Å². The monoisotopic (exact) mass is 535 g/mol. The number of benzene rings is 2. The minimum absolute atomic E-state index is 0.0603. The van der Waals surface area contributed by atoms with Gasteiger partial charge in [-0.3, -0.25) is 9.52 Å². The molecule has 0 saturated carbocycles. The summed E-state index contributed by atoms with van der Waals surface area (Å²) in [7, 11) is -2.87. The smallest absolute Gasteiger partial charge is 0.345 e. The van der Waals surface area contributed by atoms with Gasteiger partial charge < -0.3 is 14.6 Å². The van der Waals surface area contributed by atoms with Crippen LogP contribution in [0.5, 0.6) is 0 Å². The van der Waals surface area contributed by atoms with Gasteiger partial charge in [-0.1, -0.05) is 11.6 Å². The third-order valence-corrected chi connectivity index (χ3v) is 7.24. The Morgan fingerprint density at radius 1 is 1.20 bits per heavy atom. The van der Waals surface area contributed by atoms with E-state index in [9.17, 15) is 26.4 Å². The standard InChI is InChI=1S/C20H18ClF4N5O4S/c1-29-9-26-12-4-5-14(17(23)15(12)19(29)31)27-18-11(22)2-3-13(16(18)21)28-35(32,33)30-7-6-10(8-30)34-20(24)25/h2-5,9-10,20,27-28H,6-8H2,1H3/t10-/m1/s1. The van der Waals surface area contributed by atoms with E-state index in [1.54, 1.807) is 0 Å². The Bertz CT molecular complexity index is 1450. The fourth-order valence-electron chi connectivity index (χ4n) is 3.61. The summed E-state index contributed by atoms with van der Waals surface area (Å²) in [5.41, 5.74) is -1.57. The second kappa shape index (κ2) is 9.60. The van der Waals surface area contributed by atoms with Gasteiger partial charge in [-0.05, 0) is 30.7 Å². The van der Waals surface area contributed by atoms with Crippen LogP contribution in [0.1, 0.15) is 6.42 Å². The van der Waals surface area contributed by atoms with Crippen molar-refractivity contribution in [1.82, 2.24) is 13.9 Å². The van der Waals surface area contributed by atoms with Gasteiger partial charge in [0.1, 0.15) is 11.2 Å². The van der Waals surface area contributed by atoms with Crippen molar-refractivity contribution in [2.75, 3.05) is 23.1 Å². The molecule has 1 saturated heterocycles. The molecule has 15 heteroatoms. The SMILES string of the molecule is Cn1cnc2ccc(Nc3c(F)ccc(NS(=O)(=O)N4CC[C@@H](OC(F)F)C4)c3Cl)c(F)c2c1=O. The van der Waals surface area contributed by atoms with Crippen molar-refractivity contribution in [2.24, 2.45) is 7.05 Å². The average Bonchev–Trinajstić information content (AvgIpc) is 3.26. The molecule has 0 amide bonds. The van der Waals surface area contributed by atoms with E-state index in [-0.39, 0.29) is 41.8 Å². The van der Waals surface area contributed by atoms with Gasteiger partial charge in [0.25, 0.3) is 5.56 Å². The molecular formula is C20H18ClF4N5O4S. The molecule has 1 atom stereocenters. The molecule has 3 aromatic rings. The highest BCUT2D eigenvalue weighted by molar-refractivity contribution is 7.90. The third kappa shape index (κ3) is 5.05. The molecule has 35 heavy (non-hydrogen) atoms. The second-order valence-electron chi connectivity index (χ2n) is 7.66. The minimum Gasteiger partial charge on any atom is -0.349 e. The summed E-state index contributed by atoms with van der Waals surface area (Å²) in [6.45, 7) is -3.43. The molecule has 2 aromatic carbocycles. The number of anilines is 3. The van der Waals surface area contributed by atoms with Crippen molar-refractivity contribution >= 4 is 49.8 Å². The molecular weight excluding hydrogens is 518 g/mol. The maximum atomic E-state index is 15.1. The normalized spacial score (nSPS) is 16.8. The maximum Gasteiger partial charge on any atom is 0.345 e. The Morgan fingerprint density at radius 3 is 2.63 bits per heavy atom. The summed E-state index contributed by atoms with van der Waals surface area (Å²) in [4.78, 5) is 16.3. The number of alkyl halides is 2. The number of aryl methyl sites for hydroxylation is 1. The third-order valence-electron chi connectivity index (χ3n) is 5.36. The zero-order chi connectivity index (χ0) is 25.5. The van der Waals surface area contributed by atoms with Crippen molar-refractivity contribution in [3.05, 3.63) is 57.6 Å². The van der Waals surface area contributed by atoms with Gasteiger partial charge >= 0.3 is 16.8 Å². The number of fused-ring (bicyclic) bond motifs is 1. The summed E-state index contributed by atoms with van der Waals surface area (Å²) >= 11 is 6.23. The number of aromatic nitrogens is 2. The highest BCUT2D eigenvalue weighted by atomic mass is 35.5. The van der Waals surface area contributed by atoms with Crippen LogP contribution in [0.15, 0.2) is 35.4 Å². The van der Waals surface area contributed by atoms with Crippen molar-refractivity contribution < 1.29 is 30.7 Å². The van der Waals surface area contributed by atoms with Gasteiger partial charge in [-0.2, -0.15) is 21.5 Å². The zero-order valence-corrected chi connectivity index (χ0v) is 19.5. The summed E-state index contributed by atoms with van der Waals surface area (Å²) in [5, 5.41) is 1.71. The number of hydrogen-bond acceptors (Lipinski definition) is 6. The maximum absolute atomic E-state index is 15.1. The van der Waals surface area contributed by atoms with E-state index in [2.05, 4.69) is 19.8 Å². The highest BCUT2D eigenvalue weighted by Crippen LogP contribution is 2.37. The molecule has 1 aliphatic heterocycles. The van der Waals surface area contributed by atoms with Gasteiger partial charge in [0, 0.05) is 20.1 Å². The Morgan fingerprint density at radius 2 is 1.91 bits per heavy atom. The van der Waals surface area contributed by atoms with Gasteiger partial charge in [0.2, 0.25) is 0 Å². The molecule has 0 aliphatic carbocycles.